The SMILES string of the molecule is CC(C)NCc1ccc([N+](=O)[O-])c(OCCC(N)=O)c1. The number of hydrogen-bond acceptors (Lipinski definition) is 5. The minimum atomic E-state index is -0.515. The Morgan fingerprint density at radius 3 is 2.75 bits per heavy atom. The van der Waals surface area contributed by atoms with Crippen molar-refractivity contribution in [2.45, 2.75) is 32.9 Å². The molecule has 0 aliphatic rings. The van der Waals surface area contributed by atoms with Crippen LogP contribution in [0.4, 0.5) is 5.69 Å². The van der Waals surface area contributed by atoms with Gasteiger partial charge in [-0.05, 0) is 11.6 Å². The third-order valence-electron chi connectivity index (χ3n) is 2.54. The van der Waals surface area contributed by atoms with Crippen molar-refractivity contribution in [2.24, 2.45) is 5.73 Å². The van der Waals surface area contributed by atoms with Gasteiger partial charge in [-0.15, -0.1) is 0 Å². The standard InChI is InChI=1S/C13H19N3O4/c1-9(2)15-8-10-3-4-11(16(18)19)12(7-10)20-6-5-13(14)17/h3-4,7,9,15H,5-6,8H2,1-2H3,(H2,14,17). The van der Waals surface area contributed by atoms with E-state index in [-0.39, 0.29) is 24.5 Å². The first-order valence-electron chi connectivity index (χ1n) is 6.32. The number of rotatable bonds is 8. The van der Waals surface area contributed by atoms with Gasteiger partial charge in [-0.25, -0.2) is 0 Å². The molecule has 20 heavy (non-hydrogen) atoms. The molecule has 1 rings (SSSR count). The van der Waals surface area contributed by atoms with Crippen molar-refractivity contribution in [1.82, 2.24) is 5.32 Å². The molecule has 0 saturated heterocycles. The van der Waals surface area contributed by atoms with Crippen molar-refractivity contribution in [3.63, 3.8) is 0 Å². The van der Waals surface area contributed by atoms with Crippen molar-refractivity contribution in [1.29, 1.82) is 0 Å². The second-order valence-corrected chi connectivity index (χ2v) is 4.66. The Morgan fingerprint density at radius 2 is 2.20 bits per heavy atom. The number of nitro groups is 1. The Morgan fingerprint density at radius 1 is 1.50 bits per heavy atom. The van der Waals surface area contributed by atoms with Crippen molar-refractivity contribution in [3.05, 3.63) is 33.9 Å². The molecule has 0 unspecified atom stereocenters. The average Bonchev–Trinajstić information content (AvgIpc) is 2.35. The van der Waals surface area contributed by atoms with E-state index in [9.17, 15) is 14.9 Å². The van der Waals surface area contributed by atoms with Gasteiger partial charge >= 0.3 is 5.69 Å². The van der Waals surface area contributed by atoms with E-state index in [2.05, 4.69) is 5.32 Å². The molecule has 1 aromatic rings. The number of primary amides is 1. The van der Waals surface area contributed by atoms with Crippen LogP contribution >= 0.6 is 0 Å². The van der Waals surface area contributed by atoms with E-state index in [1.165, 1.54) is 6.07 Å². The van der Waals surface area contributed by atoms with Crippen LogP contribution in [-0.2, 0) is 11.3 Å². The van der Waals surface area contributed by atoms with Gasteiger partial charge < -0.3 is 15.8 Å². The number of nitrogens with one attached hydrogen (secondary N) is 1. The maximum atomic E-state index is 10.9. The lowest BCUT2D eigenvalue weighted by molar-refractivity contribution is -0.385. The quantitative estimate of drug-likeness (QED) is 0.552. The molecule has 7 heteroatoms. The summed E-state index contributed by atoms with van der Waals surface area (Å²) >= 11 is 0. The molecule has 3 N–H and O–H groups in total. The summed E-state index contributed by atoms with van der Waals surface area (Å²) in [5, 5.41) is 14.1. The molecule has 0 radical (unpaired) electrons. The number of hydrogen-bond donors (Lipinski definition) is 2. The van der Waals surface area contributed by atoms with E-state index in [4.69, 9.17) is 10.5 Å². The molecule has 0 spiro atoms. The number of ether oxygens (including phenoxy) is 1. The summed E-state index contributed by atoms with van der Waals surface area (Å²) < 4.78 is 5.29. The van der Waals surface area contributed by atoms with E-state index in [0.29, 0.717) is 12.6 Å². The van der Waals surface area contributed by atoms with Crippen molar-refractivity contribution in [3.8, 4) is 5.75 Å². The molecule has 0 bridgehead atoms. The van der Waals surface area contributed by atoms with Gasteiger partial charge in [-0.3, -0.25) is 14.9 Å². The molecule has 110 valence electrons. The molecule has 1 aromatic carbocycles. The average molecular weight is 281 g/mol. The highest BCUT2D eigenvalue weighted by Gasteiger charge is 2.16. The minimum Gasteiger partial charge on any atom is -0.486 e. The van der Waals surface area contributed by atoms with E-state index in [1.807, 2.05) is 13.8 Å². The highest BCUT2D eigenvalue weighted by molar-refractivity contribution is 5.73. The predicted octanol–water partition coefficient (Wildman–Crippen LogP) is 1.35. The van der Waals surface area contributed by atoms with Crippen LogP contribution in [-0.4, -0.2) is 23.5 Å². The molecular formula is C13H19N3O4. The second-order valence-electron chi connectivity index (χ2n) is 4.66. The molecule has 0 aliphatic carbocycles. The van der Waals surface area contributed by atoms with Crippen LogP contribution in [0.5, 0.6) is 5.75 Å². The molecule has 0 heterocycles. The Hall–Kier alpha value is -2.15. The molecular weight excluding hydrogens is 262 g/mol. The summed E-state index contributed by atoms with van der Waals surface area (Å²) in [5.74, 6) is -0.357. The fraction of sp³-hybridized carbons (Fsp3) is 0.462. The van der Waals surface area contributed by atoms with Crippen LogP contribution in [0.2, 0.25) is 0 Å². The number of benzene rings is 1. The van der Waals surface area contributed by atoms with E-state index < -0.39 is 10.8 Å². The second kappa shape index (κ2) is 7.44. The molecule has 7 nitrogen and oxygen atoms in total. The maximum Gasteiger partial charge on any atom is 0.310 e. The molecule has 1 amide bonds. The van der Waals surface area contributed by atoms with Gasteiger partial charge in [0.05, 0.1) is 18.0 Å². The summed E-state index contributed by atoms with van der Waals surface area (Å²) in [6, 6.07) is 4.99. The van der Waals surface area contributed by atoms with Crippen molar-refractivity contribution < 1.29 is 14.5 Å². The molecule has 0 saturated carbocycles. The number of amides is 1. The fourth-order valence-electron chi connectivity index (χ4n) is 1.52. The molecule has 0 aliphatic heterocycles. The van der Waals surface area contributed by atoms with Crippen LogP contribution in [0, 0.1) is 10.1 Å². The zero-order chi connectivity index (χ0) is 15.1. The summed E-state index contributed by atoms with van der Waals surface area (Å²) in [6.45, 7) is 4.63. The van der Waals surface area contributed by atoms with E-state index in [1.54, 1.807) is 12.1 Å². The first-order chi connectivity index (χ1) is 9.40. The topological polar surface area (TPSA) is 107 Å². The zero-order valence-corrected chi connectivity index (χ0v) is 11.6. The fourth-order valence-corrected chi connectivity index (χ4v) is 1.52. The molecule has 0 aromatic heterocycles. The minimum absolute atomic E-state index is 0.0195. The predicted molar refractivity (Wildman–Crippen MR) is 74.4 cm³/mol. The van der Waals surface area contributed by atoms with Gasteiger partial charge in [0.15, 0.2) is 5.75 Å². The van der Waals surface area contributed by atoms with E-state index >= 15 is 0 Å². The summed E-state index contributed by atoms with van der Waals surface area (Å²) in [7, 11) is 0. The Labute approximate surface area is 117 Å². The van der Waals surface area contributed by atoms with Crippen molar-refractivity contribution in [2.75, 3.05) is 6.61 Å². The molecule has 0 fully saturated rings. The Kier molecular flexibility index (Phi) is 5.92. The van der Waals surface area contributed by atoms with Crippen LogP contribution in [0.1, 0.15) is 25.8 Å². The maximum absolute atomic E-state index is 10.9. The zero-order valence-electron chi connectivity index (χ0n) is 11.6. The number of nitrogens with zero attached hydrogens (tertiary/aromatic N) is 1. The van der Waals surface area contributed by atoms with Gasteiger partial charge in [0.2, 0.25) is 5.91 Å². The monoisotopic (exact) mass is 281 g/mol. The van der Waals surface area contributed by atoms with Crippen LogP contribution < -0.4 is 15.8 Å². The number of carbonyl (C=O) groups excluding carboxylic acids is 1. The first kappa shape index (κ1) is 15.9. The van der Waals surface area contributed by atoms with Gasteiger partial charge in [-0.1, -0.05) is 19.9 Å². The molecule has 0 atom stereocenters. The number of nitrogens with two attached hydrogens (primary N) is 1. The Bertz CT molecular complexity index is 489. The van der Waals surface area contributed by atoms with Crippen LogP contribution in [0.25, 0.3) is 0 Å². The van der Waals surface area contributed by atoms with Gasteiger partial charge in [-0.2, -0.15) is 0 Å². The van der Waals surface area contributed by atoms with Gasteiger partial charge in [0.1, 0.15) is 0 Å². The van der Waals surface area contributed by atoms with E-state index in [0.717, 1.165) is 5.56 Å². The van der Waals surface area contributed by atoms with Crippen LogP contribution in [0.3, 0.4) is 0 Å². The lowest BCUT2D eigenvalue weighted by Gasteiger charge is -2.10. The summed E-state index contributed by atoms with van der Waals surface area (Å²) in [5.41, 5.74) is 5.75. The number of carbonyl (C=O) groups is 1. The third kappa shape index (κ3) is 5.23. The number of nitro benzene ring substituents is 1. The Balaban J connectivity index is 2.82. The largest absolute Gasteiger partial charge is 0.486 e. The summed E-state index contributed by atoms with van der Waals surface area (Å²) in [6.07, 6.45) is 0.0195. The lowest BCUT2D eigenvalue weighted by atomic mass is 10.2. The van der Waals surface area contributed by atoms with Crippen molar-refractivity contribution >= 4 is 11.6 Å². The third-order valence-corrected chi connectivity index (χ3v) is 2.54. The highest BCUT2D eigenvalue weighted by Crippen LogP contribution is 2.28. The summed E-state index contributed by atoms with van der Waals surface area (Å²) in [4.78, 5) is 21.1. The highest BCUT2D eigenvalue weighted by atomic mass is 16.6. The van der Waals surface area contributed by atoms with Crippen LogP contribution in [0.15, 0.2) is 18.2 Å². The smallest absolute Gasteiger partial charge is 0.310 e. The normalized spacial score (nSPS) is 10.6. The first-order valence-corrected chi connectivity index (χ1v) is 6.32. The lowest BCUT2D eigenvalue weighted by Crippen LogP contribution is -2.21. The van der Waals surface area contributed by atoms with Gasteiger partial charge in [0.25, 0.3) is 0 Å². The van der Waals surface area contributed by atoms with Gasteiger partial charge in [0, 0.05) is 18.7 Å².